The van der Waals surface area contributed by atoms with Gasteiger partial charge in [-0.2, -0.15) is 0 Å². The van der Waals surface area contributed by atoms with Crippen LogP contribution in [0.4, 0.5) is 14.5 Å². The molecule has 2 heterocycles. The van der Waals surface area contributed by atoms with Crippen molar-refractivity contribution in [3.05, 3.63) is 65.7 Å². The summed E-state index contributed by atoms with van der Waals surface area (Å²) in [5.74, 6) is -1.69. The predicted molar refractivity (Wildman–Crippen MR) is 117 cm³/mol. The number of carbonyl (C=O) groups is 1. The Morgan fingerprint density at radius 3 is 2.60 bits per heavy atom. The number of nitrogens with zero attached hydrogens (tertiary/aromatic N) is 3. The summed E-state index contributed by atoms with van der Waals surface area (Å²) >= 11 is 1.27. The van der Waals surface area contributed by atoms with Gasteiger partial charge in [-0.25, -0.2) is 13.8 Å². The Bertz CT molecular complexity index is 1000. The van der Waals surface area contributed by atoms with E-state index in [0.717, 1.165) is 55.4 Å². The molecule has 8 heteroatoms. The van der Waals surface area contributed by atoms with Gasteiger partial charge in [-0.15, -0.1) is 0 Å². The lowest BCUT2D eigenvalue weighted by Gasteiger charge is -2.33. The molecule has 5 nitrogen and oxygen atoms in total. The molecule has 0 aliphatic carbocycles. The molecule has 1 saturated heterocycles. The third kappa shape index (κ3) is 4.60. The first-order valence-corrected chi connectivity index (χ1v) is 10.7. The van der Waals surface area contributed by atoms with E-state index >= 15 is 0 Å². The first-order valence-electron chi connectivity index (χ1n) is 9.76. The lowest BCUT2D eigenvalue weighted by Crippen LogP contribution is -2.39. The minimum absolute atomic E-state index is 0.0244. The normalized spacial score (nSPS) is 18.2. The number of hydrogen-bond donors (Lipinski definition) is 1. The Morgan fingerprint density at radius 2 is 1.87 bits per heavy atom. The number of nitrogens with one attached hydrogen (secondary N) is 1. The molecule has 0 bridgehead atoms. The smallest absolute Gasteiger partial charge is 0.234 e. The number of thioether (sulfide) groups is 1. The summed E-state index contributed by atoms with van der Waals surface area (Å²) in [7, 11) is 2.08. The van der Waals surface area contributed by atoms with Crippen molar-refractivity contribution in [2.24, 2.45) is 9.98 Å². The first-order chi connectivity index (χ1) is 14.4. The van der Waals surface area contributed by atoms with Gasteiger partial charge in [-0.05, 0) is 19.2 Å². The highest BCUT2D eigenvalue weighted by atomic mass is 32.2. The molecule has 0 saturated carbocycles. The van der Waals surface area contributed by atoms with Crippen LogP contribution >= 0.6 is 11.8 Å². The molecule has 1 amide bonds. The zero-order valence-corrected chi connectivity index (χ0v) is 17.4. The zero-order valence-electron chi connectivity index (χ0n) is 16.6. The van der Waals surface area contributed by atoms with E-state index in [0.29, 0.717) is 5.04 Å². The summed E-state index contributed by atoms with van der Waals surface area (Å²) in [6, 6.07) is 12.7. The van der Waals surface area contributed by atoms with Gasteiger partial charge < -0.3 is 10.2 Å². The van der Waals surface area contributed by atoms with E-state index in [1.807, 2.05) is 30.3 Å². The fourth-order valence-corrected chi connectivity index (χ4v) is 4.40. The van der Waals surface area contributed by atoms with Gasteiger partial charge in [-0.1, -0.05) is 42.1 Å². The van der Waals surface area contributed by atoms with Crippen LogP contribution in [0.25, 0.3) is 0 Å². The summed E-state index contributed by atoms with van der Waals surface area (Å²) in [5, 5.41) is 3.14. The summed E-state index contributed by atoms with van der Waals surface area (Å²) in [5.41, 5.74) is 1.09. The third-order valence-electron chi connectivity index (χ3n) is 5.21. The number of halogens is 2. The van der Waals surface area contributed by atoms with Crippen molar-refractivity contribution < 1.29 is 13.6 Å². The molecule has 0 unspecified atom stereocenters. The largest absolute Gasteiger partial charge is 0.323 e. The van der Waals surface area contributed by atoms with Crippen LogP contribution in [0.1, 0.15) is 18.4 Å². The van der Waals surface area contributed by atoms with Crippen molar-refractivity contribution in [3.63, 3.8) is 0 Å². The van der Waals surface area contributed by atoms with E-state index in [1.54, 1.807) is 0 Å². The Labute approximate surface area is 178 Å². The van der Waals surface area contributed by atoms with Gasteiger partial charge in [0.1, 0.15) is 16.7 Å². The maximum absolute atomic E-state index is 13.8. The quantitative estimate of drug-likeness (QED) is 0.802. The second kappa shape index (κ2) is 8.65. The fourth-order valence-electron chi connectivity index (χ4n) is 3.52. The highest BCUT2D eigenvalue weighted by Gasteiger charge is 2.39. The van der Waals surface area contributed by atoms with Crippen molar-refractivity contribution in [1.82, 2.24) is 4.90 Å². The van der Waals surface area contributed by atoms with Crippen LogP contribution in [0.3, 0.4) is 0 Å². The fraction of sp³-hybridized carbons (Fsp3) is 0.318. The Balaban J connectivity index is 1.50. The van der Waals surface area contributed by atoms with E-state index in [4.69, 9.17) is 9.98 Å². The second-order valence-electron chi connectivity index (χ2n) is 7.49. The molecule has 2 aromatic rings. The van der Waals surface area contributed by atoms with Crippen LogP contribution in [0.2, 0.25) is 0 Å². The van der Waals surface area contributed by atoms with Crippen molar-refractivity contribution in [2.45, 2.75) is 18.5 Å². The van der Waals surface area contributed by atoms with Gasteiger partial charge in [0.2, 0.25) is 5.91 Å². The maximum atomic E-state index is 13.8. The number of likely N-dealkylation sites (tertiary alicyclic amines) is 1. The molecular weight excluding hydrogens is 406 g/mol. The number of benzene rings is 2. The minimum Gasteiger partial charge on any atom is -0.323 e. The van der Waals surface area contributed by atoms with Crippen LogP contribution in [0, 0.1) is 11.6 Å². The maximum Gasteiger partial charge on any atom is 0.234 e. The minimum atomic E-state index is -0.676. The first kappa shape index (κ1) is 20.7. The molecule has 156 valence electrons. The molecule has 4 rings (SSSR count). The van der Waals surface area contributed by atoms with Gasteiger partial charge in [0, 0.05) is 37.6 Å². The molecule has 0 atom stereocenters. The summed E-state index contributed by atoms with van der Waals surface area (Å²) in [6.07, 6.45) is 1.65. The van der Waals surface area contributed by atoms with Crippen molar-refractivity contribution in [1.29, 1.82) is 0 Å². The highest BCUT2D eigenvalue weighted by Crippen LogP contribution is 2.35. The van der Waals surface area contributed by atoms with Crippen molar-refractivity contribution in [3.8, 4) is 0 Å². The predicted octanol–water partition coefficient (Wildman–Crippen LogP) is 3.96. The molecule has 1 spiro atoms. The van der Waals surface area contributed by atoms with E-state index in [2.05, 4.69) is 17.3 Å². The molecule has 2 aliphatic rings. The number of aliphatic imine (C=N–C) groups is 2. The number of hydrogen-bond acceptors (Lipinski definition) is 5. The van der Waals surface area contributed by atoms with Crippen molar-refractivity contribution in [2.75, 3.05) is 31.2 Å². The van der Waals surface area contributed by atoms with Gasteiger partial charge in [0.15, 0.2) is 5.66 Å². The van der Waals surface area contributed by atoms with Gasteiger partial charge >= 0.3 is 0 Å². The van der Waals surface area contributed by atoms with Gasteiger partial charge in [-0.3, -0.25) is 9.79 Å². The molecule has 0 aromatic heterocycles. The van der Waals surface area contributed by atoms with E-state index in [-0.39, 0.29) is 11.4 Å². The topological polar surface area (TPSA) is 57.1 Å². The Kier molecular flexibility index (Phi) is 5.97. The number of amides is 1. The summed E-state index contributed by atoms with van der Waals surface area (Å²) < 4.78 is 27.1. The SMILES string of the molecule is CN1CCC2(CC1)N=C(SCC(=O)Nc1cc(F)ccc1F)C(c1ccccc1)=N2. The van der Waals surface area contributed by atoms with Gasteiger partial charge in [0.05, 0.1) is 17.2 Å². The van der Waals surface area contributed by atoms with E-state index in [1.165, 1.54) is 11.8 Å². The lowest BCUT2D eigenvalue weighted by atomic mass is 9.99. The van der Waals surface area contributed by atoms with Crippen LogP contribution in [-0.4, -0.2) is 53.1 Å². The summed E-state index contributed by atoms with van der Waals surface area (Å²) in [6.45, 7) is 1.82. The lowest BCUT2D eigenvalue weighted by molar-refractivity contribution is -0.113. The highest BCUT2D eigenvalue weighted by molar-refractivity contribution is 8.16. The van der Waals surface area contributed by atoms with Crippen LogP contribution in [0.15, 0.2) is 58.5 Å². The molecule has 2 aliphatic heterocycles. The molecule has 1 N–H and O–H groups in total. The average Bonchev–Trinajstić information content (AvgIpc) is 3.11. The number of carbonyl (C=O) groups excluding carboxylic acids is 1. The molecule has 30 heavy (non-hydrogen) atoms. The third-order valence-corrected chi connectivity index (χ3v) is 6.17. The Hall–Kier alpha value is -2.58. The number of anilines is 1. The molecule has 2 aromatic carbocycles. The van der Waals surface area contributed by atoms with Gasteiger partial charge in [0.25, 0.3) is 0 Å². The van der Waals surface area contributed by atoms with Crippen molar-refractivity contribution >= 4 is 34.1 Å². The molecule has 1 fully saturated rings. The number of rotatable bonds is 4. The van der Waals surface area contributed by atoms with E-state index in [9.17, 15) is 13.6 Å². The van der Waals surface area contributed by atoms with Crippen LogP contribution in [0.5, 0.6) is 0 Å². The Morgan fingerprint density at radius 1 is 1.13 bits per heavy atom. The van der Waals surface area contributed by atoms with Crippen LogP contribution in [-0.2, 0) is 4.79 Å². The average molecular weight is 429 g/mol. The van der Waals surface area contributed by atoms with E-state index < -0.39 is 23.2 Å². The van der Waals surface area contributed by atoms with Crippen LogP contribution < -0.4 is 5.32 Å². The molecular formula is C22H22F2N4OS. The number of piperidine rings is 1. The standard InChI is InChI=1S/C22H22F2N4OS/c1-28-11-9-22(10-12-28)26-20(15-5-3-2-4-6-15)21(27-22)30-14-19(29)25-18-13-16(23)7-8-17(18)24/h2-8,13H,9-12,14H2,1H3,(H,25,29). The summed E-state index contributed by atoms with van der Waals surface area (Å²) in [4.78, 5) is 24.5. The second-order valence-corrected chi connectivity index (χ2v) is 8.45. The molecule has 0 radical (unpaired) electrons. The monoisotopic (exact) mass is 428 g/mol. The zero-order chi connectivity index (χ0) is 21.1.